The Morgan fingerprint density at radius 1 is 1.10 bits per heavy atom. The third-order valence-corrected chi connectivity index (χ3v) is 6.24. The Morgan fingerprint density at radius 3 is 2.37 bits per heavy atom. The van der Waals surface area contributed by atoms with Crippen LogP contribution in [0.2, 0.25) is 10.0 Å². The Hall–Kier alpha value is -1.89. The fourth-order valence-corrected chi connectivity index (χ4v) is 3.99. The standard InChI is InChI=1S/C22H26Cl2N2O3S/c1-4-25-22(28)15(2)26(12-17-7-10-19(23)20(24)11-17)21(27)14-30-13-16-5-8-18(29-3)9-6-16/h5-11,15H,4,12-14H2,1-3H3,(H,25,28). The third-order valence-electron chi connectivity index (χ3n) is 4.51. The van der Waals surface area contributed by atoms with E-state index < -0.39 is 6.04 Å². The minimum Gasteiger partial charge on any atom is -0.497 e. The third kappa shape index (κ3) is 7.11. The molecule has 8 heteroatoms. The van der Waals surface area contributed by atoms with E-state index in [0.29, 0.717) is 22.3 Å². The number of hydrogen-bond donors (Lipinski definition) is 1. The number of amides is 2. The Balaban J connectivity index is 2.06. The molecule has 5 nitrogen and oxygen atoms in total. The normalized spacial score (nSPS) is 11.6. The molecule has 0 radical (unpaired) electrons. The van der Waals surface area contributed by atoms with Crippen LogP contribution in [0.15, 0.2) is 42.5 Å². The molecule has 30 heavy (non-hydrogen) atoms. The summed E-state index contributed by atoms with van der Waals surface area (Å²) in [5.74, 6) is 1.44. The van der Waals surface area contributed by atoms with Crippen LogP contribution in [0.1, 0.15) is 25.0 Å². The van der Waals surface area contributed by atoms with Crippen LogP contribution in [0, 0.1) is 0 Å². The highest BCUT2D eigenvalue weighted by molar-refractivity contribution is 7.99. The molecular weight excluding hydrogens is 443 g/mol. The number of likely N-dealkylation sites (N-methyl/N-ethyl adjacent to an activating group) is 1. The van der Waals surface area contributed by atoms with Crippen molar-refractivity contribution in [1.29, 1.82) is 0 Å². The van der Waals surface area contributed by atoms with Gasteiger partial charge in [-0.2, -0.15) is 0 Å². The summed E-state index contributed by atoms with van der Waals surface area (Å²) < 4.78 is 5.16. The van der Waals surface area contributed by atoms with Crippen LogP contribution in [0.3, 0.4) is 0 Å². The summed E-state index contributed by atoms with van der Waals surface area (Å²) in [6.45, 7) is 4.36. The average Bonchev–Trinajstić information content (AvgIpc) is 2.74. The van der Waals surface area contributed by atoms with Gasteiger partial charge in [0, 0.05) is 18.8 Å². The Labute approximate surface area is 192 Å². The molecule has 2 aromatic rings. The van der Waals surface area contributed by atoms with Gasteiger partial charge in [0.05, 0.1) is 22.9 Å². The molecule has 1 atom stereocenters. The number of halogens is 2. The summed E-state index contributed by atoms with van der Waals surface area (Å²) in [7, 11) is 1.63. The van der Waals surface area contributed by atoms with E-state index in [-0.39, 0.29) is 24.1 Å². The van der Waals surface area contributed by atoms with Crippen LogP contribution in [0.4, 0.5) is 0 Å². The maximum atomic E-state index is 13.0. The molecule has 2 aromatic carbocycles. The summed E-state index contributed by atoms with van der Waals surface area (Å²) >= 11 is 13.6. The van der Waals surface area contributed by atoms with Crippen LogP contribution < -0.4 is 10.1 Å². The number of nitrogens with zero attached hydrogens (tertiary/aromatic N) is 1. The highest BCUT2D eigenvalue weighted by atomic mass is 35.5. The summed E-state index contributed by atoms with van der Waals surface area (Å²) in [5, 5.41) is 3.65. The van der Waals surface area contributed by atoms with E-state index in [2.05, 4.69) is 5.32 Å². The van der Waals surface area contributed by atoms with Crippen molar-refractivity contribution in [2.24, 2.45) is 0 Å². The molecule has 0 heterocycles. The van der Waals surface area contributed by atoms with E-state index in [1.165, 1.54) is 11.8 Å². The van der Waals surface area contributed by atoms with E-state index in [9.17, 15) is 9.59 Å². The molecule has 0 bridgehead atoms. The van der Waals surface area contributed by atoms with E-state index in [0.717, 1.165) is 16.9 Å². The van der Waals surface area contributed by atoms with Gasteiger partial charge >= 0.3 is 0 Å². The van der Waals surface area contributed by atoms with E-state index in [1.54, 1.807) is 31.1 Å². The number of rotatable bonds is 10. The van der Waals surface area contributed by atoms with Gasteiger partial charge in [0.1, 0.15) is 11.8 Å². The highest BCUT2D eigenvalue weighted by Crippen LogP contribution is 2.24. The lowest BCUT2D eigenvalue weighted by Gasteiger charge is -2.28. The van der Waals surface area contributed by atoms with Gasteiger partial charge in [0.15, 0.2) is 0 Å². The molecule has 0 fully saturated rings. The molecule has 0 aliphatic carbocycles. The van der Waals surface area contributed by atoms with Gasteiger partial charge in [-0.15, -0.1) is 11.8 Å². The number of hydrogen-bond acceptors (Lipinski definition) is 4. The van der Waals surface area contributed by atoms with Gasteiger partial charge in [-0.3, -0.25) is 9.59 Å². The van der Waals surface area contributed by atoms with Crippen LogP contribution in [-0.2, 0) is 21.9 Å². The van der Waals surface area contributed by atoms with Gasteiger partial charge in [0.25, 0.3) is 0 Å². The van der Waals surface area contributed by atoms with E-state index in [4.69, 9.17) is 27.9 Å². The maximum absolute atomic E-state index is 13.0. The van der Waals surface area contributed by atoms with E-state index in [1.807, 2.05) is 37.3 Å². The van der Waals surface area contributed by atoms with Crippen LogP contribution in [0.25, 0.3) is 0 Å². The molecule has 1 unspecified atom stereocenters. The maximum Gasteiger partial charge on any atom is 0.242 e. The minimum atomic E-state index is -0.603. The van der Waals surface area contributed by atoms with Crippen LogP contribution >= 0.6 is 35.0 Å². The molecule has 0 spiro atoms. The predicted molar refractivity (Wildman–Crippen MR) is 124 cm³/mol. The topological polar surface area (TPSA) is 58.6 Å². The Bertz CT molecular complexity index is 862. The SMILES string of the molecule is CCNC(=O)C(C)N(Cc1ccc(Cl)c(Cl)c1)C(=O)CSCc1ccc(OC)cc1. The first-order chi connectivity index (χ1) is 14.3. The zero-order chi connectivity index (χ0) is 22.1. The van der Waals surface area contributed by atoms with Gasteiger partial charge in [-0.05, 0) is 49.2 Å². The number of ether oxygens (including phenoxy) is 1. The molecule has 0 aliphatic rings. The van der Waals surface area contributed by atoms with Gasteiger partial charge < -0.3 is 15.0 Å². The largest absolute Gasteiger partial charge is 0.497 e. The van der Waals surface area contributed by atoms with Crippen LogP contribution in [-0.4, -0.2) is 42.2 Å². The first kappa shape index (κ1) is 24.4. The second-order valence-electron chi connectivity index (χ2n) is 6.68. The number of methoxy groups -OCH3 is 1. The second kappa shape index (κ2) is 12.1. The smallest absolute Gasteiger partial charge is 0.242 e. The lowest BCUT2D eigenvalue weighted by Crippen LogP contribution is -2.48. The quantitative estimate of drug-likeness (QED) is 0.544. The Morgan fingerprint density at radius 2 is 1.77 bits per heavy atom. The molecule has 0 aliphatic heterocycles. The molecule has 162 valence electrons. The van der Waals surface area contributed by atoms with Crippen molar-refractivity contribution in [3.05, 3.63) is 63.6 Å². The molecule has 2 amide bonds. The summed E-state index contributed by atoms with van der Waals surface area (Å²) in [6.07, 6.45) is 0. The molecule has 0 aromatic heterocycles. The fourth-order valence-electron chi connectivity index (χ4n) is 2.80. The minimum absolute atomic E-state index is 0.113. The van der Waals surface area contributed by atoms with Crippen molar-refractivity contribution in [3.63, 3.8) is 0 Å². The fraction of sp³-hybridized carbons (Fsp3) is 0.364. The zero-order valence-corrected chi connectivity index (χ0v) is 19.6. The summed E-state index contributed by atoms with van der Waals surface area (Å²) in [5.41, 5.74) is 1.91. The number of carbonyl (C=O) groups excluding carboxylic acids is 2. The molecule has 0 saturated carbocycles. The number of thioether (sulfide) groups is 1. The molecule has 1 N–H and O–H groups in total. The number of nitrogens with one attached hydrogen (secondary N) is 1. The lowest BCUT2D eigenvalue weighted by atomic mass is 10.1. The van der Waals surface area contributed by atoms with Crippen molar-refractivity contribution < 1.29 is 14.3 Å². The number of carbonyl (C=O) groups is 2. The average molecular weight is 469 g/mol. The van der Waals surface area contributed by atoms with E-state index >= 15 is 0 Å². The first-order valence-electron chi connectivity index (χ1n) is 9.57. The zero-order valence-electron chi connectivity index (χ0n) is 17.3. The Kier molecular flexibility index (Phi) is 9.82. The lowest BCUT2D eigenvalue weighted by molar-refractivity contribution is -0.138. The summed E-state index contributed by atoms with van der Waals surface area (Å²) in [6, 6.07) is 12.4. The van der Waals surface area contributed by atoms with Gasteiger partial charge in [-0.1, -0.05) is 41.4 Å². The van der Waals surface area contributed by atoms with Crippen molar-refractivity contribution in [3.8, 4) is 5.75 Å². The summed E-state index contributed by atoms with van der Waals surface area (Å²) in [4.78, 5) is 26.9. The second-order valence-corrected chi connectivity index (χ2v) is 8.48. The van der Waals surface area contributed by atoms with Crippen molar-refractivity contribution in [2.45, 2.75) is 32.2 Å². The number of benzene rings is 2. The predicted octanol–water partition coefficient (Wildman–Crippen LogP) is 4.79. The van der Waals surface area contributed by atoms with Crippen molar-refractivity contribution in [1.82, 2.24) is 10.2 Å². The van der Waals surface area contributed by atoms with Gasteiger partial charge in [0.2, 0.25) is 11.8 Å². The monoisotopic (exact) mass is 468 g/mol. The van der Waals surface area contributed by atoms with Gasteiger partial charge in [-0.25, -0.2) is 0 Å². The van der Waals surface area contributed by atoms with Crippen molar-refractivity contribution >= 4 is 46.8 Å². The molecular formula is C22H26Cl2N2O3S. The van der Waals surface area contributed by atoms with Crippen molar-refractivity contribution in [2.75, 3.05) is 19.4 Å². The van der Waals surface area contributed by atoms with Crippen LogP contribution in [0.5, 0.6) is 5.75 Å². The first-order valence-corrected chi connectivity index (χ1v) is 11.5. The molecule has 2 rings (SSSR count). The highest BCUT2D eigenvalue weighted by Gasteiger charge is 2.25. The molecule has 0 saturated heterocycles.